The summed E-state index contributed by atoms with van der Waals surface area (Å²) in [7, 11) is 0. The molecule has 2 amide bonds. The van der Waals surface area contributed by atoms with Gasteiger partial charge >= 0.3 is 0 Å². The number of hydrogen-bond donors (Lipinski definition) is 1. The van der Waals surface area contributed by atoms with Crippen LogP contribution in [0.2, 0.25) is 0 Å². The summed E-state index contributed by atoms with van der Waals surface area (Å²) in [5.41, 5.74) is 3.57. The van der Waals surface area contributed by atoms with Gasteiger partial charge in [0.2, 0.25) is 0 Å². The van der Waals surface area contributed by atoms with Gasteiger partial charge in [0, 0.05) is 32.1 Å². The van der Waals surface area contributed by atoms with E-state index in [4.69, 9.17) is 0 Å². The van der Waals surface area contributed by atoms with E-state index in [1.54, 1.807) is 18.5 Å². The Bertz CT molecular complexity index is 938. The van der Waals surface area contributed by atoms with Crippen LogP contribution in [0.15, 0.2) is 54.5 Å². The lowest BCUT2D eigenvalue weighted by Gasteiger charge is -2.34. The van der Waals surface area contributed by atoms with Crippen molar-refractivity contribution in [2.24, 2.45) is 5.92 Å². The fourth-order valence-corrected chi connectivity index (χ4v) is 4.07. The van der Waals surface area contributed by atoms with Gasteiger partial charge in [-0.3, -0.25) is 19.5 Å². The number of aliphatic hydroxyl groups excluding tert-OH is 1. The third kappa shape index (κ3) is 3.80. The third-order valence-electron chi connectivity index (χ3n) is 5.64. The van der Waals surface area contributed by atoms with Gasteiger partial charge in [-0.15, -0.1) is 0 Å². The highest BCUT2D eigenvalue weighted by atomic mass is 16.3. The van der Waals surface area contributed by atoms with Crippen molar-refractivity contribution >= 4 is 17.4 Å². The maximum absolute atomic E-state index is 13.4. The molecule has 2 aliphatic heterocycles. The van der Waals surface area contributed by atoms with Crippen molar-refractivity contribution < 1.29 is 14.7 Å². The highest BCUT2D eigenvalue weighted by Gasteiger charge is 2.42. The van der Waals surface area contributed by atoms with Gasteiger partial charge in [-0.2, -0.15) is 0 Å². The monoisotopic (exact) mass is 391 g/mol. The lowest BCUT2D eigenvalue weighted by Crippen LogP contribution is -2.40. The van der Waals surface area contributed by atoms with E-state index in [-0.39, 0.29) is 30.9 Å². The fourth-order valence-electron chi connectivity index (χ4n) is 4.07. The van der Waals surface area contributed by atoms with Crippen LogP contribution in [0, 0.1) is 12.8 Å². The number of carbonyl (C=O) groups is 2. The number of aryl methyl sites for hydroxylation is 1. The van der Waals surface area contributed by atoms with Gasteiger partial charge < -0.3 is 10.0 Å². The summed E-state index contributed by atoms with van der Waals surface area (Å²) in [6, 6.07) is 11.4. The van der Waals surface area contributed by atoms with Crippen LogP contribution in [-0.2, 0) is 16.1 Å². The molecule has 2 aliphatic rings. The minimum atomic E-state index is -0.274. The molecule has 0 radical (unpaired) electrons. The van der Waals surface area contributed by atoms with Crippen LogP contribution < -0.4 is 0 Å². The highest BCUT2D eigenvalue weighted by Crippen LogP contribution is 2.34. The van der Waals surface area contributed by atoms with Gasteiger partial charge in [0.15, 0.2) is 0 Å². The largest absolute Gasteiger partial charge is 0.396 e. The van der Waals surface area contributed by atoms with E-state index in [0.717, 1.165) is 29.5 Å². The molecule has 4 rings (SSSR count). The molecular weight excluding hydrogens is 366 g/mol. The summed E-state index contributed by atoms with van der Waals surface area (Å²) in [4.78, 5) is 34.1. The Balaban J connectivity index is 1.73. The number of aromatic nitrogens is 1. The minimum Gasteiger partial charge on any atom is -0.396 e. The van der Waals surface area contributed by atoms with E-state index >= 15 is 0 Å². The highest BCUT2D eigenvalue weighted by molar-refractivity contribution is 6.35. The summed E-state index contributed by atoms with van der Waals surface area (Å²) in [5.74, 6) is -0.428. The van der Waals surface area contributed by atoms with Crippen LogP contribution in [0.25, 0.3) is 5.57 Å². The molecule has 0 bridgehead atoms. The zero-order valence-corrected chi connectivity index (χ0v) is 16.5. The maximum Gasteiger partial charge on any atom is 0.278 e. The summed E-state index contributed by atoms with van der Waals surface area (Å²) >= 11 is 0. The SMILES string of the molecule is Cc1ccc(C2=C(N3CCCC(CO)C3)C(=O)N(Cc3cccnc3)C2=O)cc1. The first-order valence-corrected chi connectivity index (χ1v) is 10.0. The van der Waals surface area contributed by atoms with Crippen molar-refractivity contribution in [3.05, 3.63) is 71.2 Å². The van der Waals surface area contributed by atoms with E-state index in [1.807, 2.05) is 42.2 Å². The molecule has 1 saturated heterocycles. The van der Waals surface area contributed by atoms with Gasteiger partial charge in [-0.05, 0) is 42.9 Å². The van der Waals surface area contributed by atoms with Crippen LogP contribution in [0.5, 0.6) is 0 Å². The molecule has 0 aliphatic carbocycles. The molecule has 6 nitrogen and oxygen atoms in total. The van der Waals surface area contributed by atoms with E-state index in [0.29, 0.717) is 24.4 Å². The quantitative estimate of drug-likeness (QED) is 0.792. The second kappa shape index (κ2) is 8.17. The Morgan fingerprint density at radius 1 is 1.14 bits per heavy atom. The molecule has 150 valence electrons. The van der Waals surface area contributed by atoms with Gasteiger partial charge in [0.25, 0.3) is 11.8 Å². The standard InChI is InChI=1S/C23H25N3O3/c1-16-6-8-19(9-7-16)20-21(25-11-3-5-18(13-25)15-27)23(29)26(22(20)28)14-17-4-2-10-24-12-17/h2,4,6-10,12,18,27H,3,5,11,13-15H2,1H3. The number of aliphatic hydroxyl groups is 1. The first-order valence-electron chi connectivity index (χ1n) is 10.0. The van der Waals surface area contributed by atoms with Gasteiger partial charge in [-0.1, -0.05) is 35.9 Å². The van der Waals surface area contributed by atoms with Crippen LogP contribution in [-0.4, -0.2) is 51.4 Å². The molecule has 1 atom stereocenters. The number of benzene rings is 1. The lowest BCUT2D eigenvalue weighted by molar-refractivity contribution is -0.138. The van der Waals surface area contributed by atoms with Crippen molar-refractivity contribution in [1.82, 2.24) is 14.8 Å². The number of hydrogen-bond acceptors (Lipinski definition) is 5. The Hall–Kier alpha value is -2.99. The van der Waals surface area contributed by atoms with Gasteiger partial charge in [0.1, 0.15) is 5.70 Å². The Kier molecular flexibility index (Phi) is 5.45. The maximum atomic E-state index is 13.4. The number of rotatable bonds is 5. The normalized spacial score (nSPS) is 20.0. The molecule has 3 heterocycles. The second-order valence-corrected chi connectivity index (χ2v) is 7.78. The van der Waals surface area contributed by atoms with E-state index in [9.17, 15) is 14.7 Å². The van der Waals surface area contributed by atoms with Crippen molar-refractivity contribution in [3.8, 4) is 0 Å². The van der Waals surface area contributed by atoms with E-state index in [1.165, 1.54) is 4.90 Å². The van der Waals surface area contributed by atoms with Crippen LogP contribution in [0.4, 0.5) is 0 Å². The van der Waals surface area contributed by atoms with E-state index < -0.39 is 0 Å². The molecule has 1 unspecified atom stereocenters. The molecule has 1 aromatic carbocycles. The number of carbonyl (C=O) groups excluding carboxylic acids is 2. The predicted octanol–water partition coefficient (Wildman–Crippen LogP) is 2.37. The minimum absolute atomic E-state index is 0.0885. The Morgan fingerprint density at radius 3 is 2.62 bits per heavy atom. The van der Waals surface area contributed by atoms with Crippen molar-refractivity contribution in [2.45, 2.75) is 26.3 Å². The van der Waals surface area contributed by atoms with Gasteiger partial charge in [-0.25, -0.2) is 0 Å². The van der Waals surface area contributed by atoms with Crippen molar-refractivity contribution in [3.63, 3.8) is 0 Å². The Labute approximate surface area is 170 Å². The molecule has 29 heavy (non-hydrogen) atoms. The third-order valence-corrected chi connectivity index (χ3v) is 5.64. The molecule has 6 heteroatoms. The zero-order chi connectivity index (χ0) is 20.4. The van der Waals surface area contributed by atoms with Crippen LogP contribution in [0.1, 0.15) is 29.5 Å². The summed E-state index contributed by atoms with van der Waals surface area (Å²) < 4.78 is 0. The molecule has 0 saturated carbocycles. The second-order valence-electron chi connectivity index (χ2n) is 7.78. The average molecular weight is 391 g/mol. The molecule has 1 aromatic heterocycles. The first-order chi connectivity index (χ1) is 14.1. The summed E-state index contributed by atoms with van der Waals surface area (Å²) in [6.07, 6.45) is 5.16. The number of nitrogens with zero attached hydrogens (tertiary/aromatic N) is 3. The number of likely N-dealkylation sites (tertiary alicyclic amines) is 1. The number of imide groups is 1. The zero-order valence-electron chi connectivity index (χ0n) is 16.5. The van der Waals surface area contributed by atoms with Gasteiger partial charge in [0.05, 0.1) is 12.1 Å². The summed E-state index contributed by atoms with van der Waals surface area (Å²) in [5, 5.41) is 9.62. The number of amides is 2. The fraction of sp³-hybridized carbons (Fsp3) is 0.348. The van der Waals surface area contributed by atoms with Crippen LogP contribution in [0.3, 0.4) is 0 Å². The molecule has 1 fully saturated rings. The van der Waals surface area contributed by atoms with Crippen LogP contribution >= 0.6 is 0 Å². The van der Waals surface area contributed by atoms with Crippen molar-refractivity contribution in [2.75, 3.05) is 19.7 Å². The Morgan fingerprint density at radius 2 is 1.93 bits per heavy atom. The molecule has 1 N–H and O–H groups in total. The smallest absolute Gasteiger partial charge is 0.278 e. The molecular formula is C23H25N3O3. The molecule has 2 aromatic rings. The lowest BCUT2D eigenvalue weighted by atomic mass is 9.96. The predicted molar refractivity (Wildman–Crippen MR) is 109 cm³/mol. The number of piperidine rings is 1. The average Bonchev–Trinajstić information content (AvgIpc) is 3.00. The van der Waals surface area contributed by atoms with E-state index in [2.05, 4.69) is 4.98 Å². The molecule has 0 spiro atoms. The van der Waals surface area contributed by atoms with Crippen molar-refractivity contribution in [1.29, 1.82) is 0 Å². The topological polar surface area (TPSA) is 73.7 Å². The summed E-state index contributed by atoms with van der Waals surface area (Å²) in [6.45, 7) is 3.57. The first kappa shape index (κ1) is 19.3. The number of pyridine rings is 1.